The van der Waals surface area contributed by atoms with Gasteiger partial charge in [0.2, 0.25) is 0 Å². The van der Waals surface area contributed by atoms with Crippen molar-refractivity contribution in [3.63, 3.8) is 0 Å². The molecular weight excluding hydrogens is 797 g/mol. The fraction of sp³-hybridized carbons (Fsp3) is 0.288. The van der Waals surface area contributed by atoms with Crippen molar-refractivity contribution in [2.75, 3.05) is 0 Å². The van der Waals surface area contributed by atoms with Crippen molar-refractivity contribution in [1.29, 1.82) is 10.5 Å². The molecule has 0 aromatic heterocycles. The van der Waals surface area contributed by atoms with Crippen LogP contribution in [0.4, 0.5) is 0 Å². The standard InChI is InChI=1S/C59H54N4O2/c1-5-7-9-11-13-19-35-59(36-20-14-12-10-8-6-2)51-37-41(23-21-29-49-55(53(39-60)62-3)45-25-15-17-27-47(45)57(49)64)31-33-43(51)44-34-32-42(38-52(44)59)24-22-30-50-56(54(40-61)63-4)46-26-16-18-28-48(46)58(50)65/h15-18,21-34,37-38H,5-14,19-20,35-36H2,1-2H3/b23-21+,24-22+,49-29-,50-30-,55-53-,56-54+. The van der Waals surface area contributed by atoms with Gasteiger partial charge in [0, 0.05) is 38.8 Å². The van der Waals surface area contributed by atoms with Crippen LogP contribution in [0.1, 0.15) is 158 Å². The van der Waals surface area contributed by atoms with Crippen LogP contribution in [0.15, 0.2) is 132 Å². The van der Waals surface area contributed by atoms with E-state index in [4.69, 9.17) is 13.1 Å². The van der Waals surface area contributed by atoms with Crippen molar-refractivity contribution in [2.45, 2.75) is 109 Å². The second-order valence-corrected chi connectivity index (χ2v) is 17.3. The molecule has 4 aromatic rings. The highest BCUT2D eigenvalue weighted by molar-refractivity contribution is 6.28. The Morgan fingerprint density at radius 3 is 1.31 bits per heavy atom. The molecule has 0 unspecified atom stereocenters. The van der Waals surface area contributed by atoms with Crippen LogP contribution in [0.3, 0.4) is 0 Å². The molecule has 0 saturated carbocycles. The van der Waals surface area contributed by atoms with E-state index in [2.05, 4.69) is 59.9 Å². The van der Waals surface area contributed by atoms with Gasteiger partial charge in [0.1, 0.15) is 0 Å². The van der Waals surface area contributed by atoms with Gasteiger partial charge in [-0.05, 0) is 57.3 Å². The number of ketones is 2. The Morgan fingerprint density at radius 2 is 0.923 bits per heavy atom. The molecule has 6 heteroatoms. The summed E-state index contributed by atoms with van der Waals surface area (Å²) in [7, 11) is 0. The molecule has 0 spiro atoms. The molecule has 3 aliphatic rings. The van der Waals surface area contributed by atoms with E-state index in [1.807, 2.05) is 48.6 Å². The molecule has 0 saturated heterocycles. The molecule has 0 heterocycles. The second kappa shape index (κ2) is 21.3. The minimum absolute atomic E-state index is 0.0920. The average Bonchev–Trinajstić information content (AvgIpc) is 3.88. The van der Waals surface area contributed by atoms with Gasteiger partial charge in [0.15, 0.2) is 11.6 Å². The molecule has 0 radical (unpaired) electrons. The molecule has 6 nitrogen and oxygen atoms in total. The lowest BCUT2D eigenvalue weighted by atomic mass is 9.70. The molecule has 3 aliphatic carbocycles. The number of nitriles is 2. The summed E-state index contributed by atoms with van der Waals surface area (Å²) in [5, 5.41) is 19.7. The summed E-state index contributed by atoms with van der Waals surface area (Å²) in [4.78, 5) is 34.2. The van der Waals surface area contributed by atoms with Gasteiger partial charge in [-0.2, -0.15) is 0 Å². The van der Waals surface area contributed by atoms with Crippen LogP contribution in [0.2, 0.25) is 0 Å². The summed E-state index contributed by atoms with van der Waals surface area (Å²) in [6.45, 7) is 19.8. The Hall–Kier alpha value is -7.38. The molecule has 0 bridgehead atoms. The molecule has 0 N–H and O–H groups in total. The average molecular weight is 851 g/mol. The number of carbonyl (C=O) groups is 2. The van der Waals surface area contributed by atoms with E-state index in [0.717, 1.165) is 36.8 Å². The predicted octanol–water partition coefficient (Wildman–Crippen LogP) is 15.4. The number of unbranched alkanes of at least 4 members (excludes halogenated alkanes) is 10. The monoisotopic (exact) mass is 850 g/mol. The topological polar surface area (TPSA) is 90.4 Å². The van der Waals surface area contributed by atoms with Crippen LogP contribution >= 0.6 is 0 Å². The van der Waals surface area contributed by atoms with E-state index >= 15 is 0 Å². The molecule has 0 amide bonds. The maximum absolute atomic E-state index is 13.6. The van der Waals surface area contributed by atoms with Crippen molar-refractivity contribution >= 4 is 34.9 Å². The number of benzene rings is 4. The van der Waals surface area contributed by atoms with Crippen molar-refractivity contribution in [3.8, 4) is 23.3 Å². The summed E-state index contributed by atoms with van der Waals surface area (Å²) < 4.78 is 0. The molecule has 322 valence electrons. The molecule has 65 heavy (non-hydrogen) atoms. The molecule has 4 aromatic carbocycles. The van der Waals surface area contributed by atoms with Crippen LogP contribution in [0, 0.1) is 35.8 Å². The summed E-state index contributed by atoms with van der Waals surface area (Å²) in [6, 6.07) is 31.8. The van der Waals surface area contributed by atoms with Gasteiger partial charge >= 0.3 is 0 Å². The lowest BCUT2D eigenvalue weighted by Crippen LogP contribution is -2.25. The highest BCUT2D eigenvalue weighted by Crippen LogP contribution is 2.55. The minimum atomic E-state index is -0.225. The summed E-state index contributed by atoms with van der Waals surface area (Å²) in [5.74, 6) is -0.378. The van der Waals surface area contributed by atoms with Crippen molar-refractivity contribution in [3.05, 3.63) is 199 Å². The van der Waals surface area contributed by atoms with Gasteiger partial charge in [-0.25, -0.2) is 20.2 Å². The van der Waals surface area contributed by atoms with Crippen molar-refractivity contribution < 1.29 is 9.59 Å². The lowest BCUT2D eigenvalue weighted by Gasteiger charge is -2.33. The Kier molecular flexibility index (Phi) is 15.0. The van der Waals surface area contributed by atoms with Crippen molar-refractivity contribution in [1.82, 2.24) is 0 Å². The number of Topliss-reactive ketones (excluding diaryl/α,β-unsaturated/α-hetero) is 2. The first-order valence-corrected chi connectivity index (χ1v) is 23.2. The van der Waals surface area contributed by atoms with Gasteiger partial charge in [0.25, 0.3) is 11.4 Å². The summed E-state index contributed by atoms with van der Waals surface area (Å²) >= 11 is 0. The zero-order chi connectivity index (χ0) is 45.8. The van der Waals surface area contributed by atoms with Gasteiger partial charge < -0.3 is 0 Å². The number of fused-ring (bicyclic) bond motifs is 5. The van der Waals surface area contributed by atoms with Gasteiger partial charge in [0.05, 0.1) is 25.3 Å². The van der Waals surface area contributed by atoms with E-state index in [1.165, 1.54) is 86.5 Å². The first-order valence-electron chi connectivity index (χ1n) is 23.2. The van der Waals surface area contributed by atoms with Crippen molar-refractivity contribution in [2.24, 2.45) is 0 Å². The number of hydrogen-bond acceptors (Lipinski definition) is 4. The largest absolute Gasteiger partial charge is 0.289 e. The van der Waals surface area contributed by atoms with E-state index in [9.17, 15) is 20.1 Å². The zero-order valence-corrected chi connectivity index (χ0v) is 37.6. The molecule has 7 rings (SSSR count). The highest BCUT2D eigenvalue weighted by atomic mass is 16.1. The Bertz CT molecular complexity index is 2660. The predicted molar refractivity (Wildman–Crippen MR) is 263 cm³/mol. The third-order valence-electron chi connectivity index (χ3n) is 13.2. The number of carbonyl (C=O) groups excluding carboxylic acids is 2. The third kappa shape index (κ3) is 9.32. The van der Waals surface area contributed by atoms with E-state index in [1.54, 1.807) is 48.6 Å². The fourth-order valence-electron chi connectivity index (χ4n) is 10.0. The van der Waals surface area contributed by atoms with E-state index < -0.39 is 0 Å². The number of hydrogen-bond donors (Lipinski definition) is 0. The van der Waals surface area contributed by atoms with E-state index in [-0.39, 0.29) is 28.4 Å². The number of nitrogens with zero attached hydrogens (tertiary/aromatic N) is 4. The first-order chi connectivity index (χ1) is 31.8. The summed E-state index contributed by atoms with van der Waals surface area (Å²) in [5.41, 5.74) is 10.5. The van der Waals surface area contributed by atoms with Gasteiger partial charge in [-0.15, -0.1) is 0 Å². The van der Waals surface area contributed by atoms with Gasteiger partial charge in [-0.3, -0.25) is 9.59 Å². The second-order valence-electron chi connectivity index (χ2n) is 17.3. The maximum Gasteiger partial charge on any atom is 0.270 e. The Labute approximate surface area is 385 Å². The van der Waals surface area contributed by atoms with Crippen LogP contribution in [-0.2, 0) is 5.41 Å². The van der Waals surface area contributed by atoms with Crippen LogP contribution in [0.25, 0.3) is 44.1 Å². The number of rotatable bonds is 18. The number of allylic oxidation sites excluding steroid dienone is 10. The molecule has 0 atom stereocenters. The Morgan fingerprint density at radius 1 is 0.538 bits per heavy atom. The lowest BCUT2D eigenvalue weighted by molar-refractivity contribution is 0.103. The highest BCUT2D eigenvalue weighted by Gasteiger charge is 2.42. The maximum atomic E-state index is 13.6. The SMILES string of the molecule is [C-]#[N+]\C(C#N)=C1/C(=C/C=C/c2ccc3c(c2)C(CCCCCCCC)(CCCCCCCC)c2cc(/C=C/C=C4\C(=O)c5ccccc5\C4=C(\C#N)[N+]#[C-])ccc2-3)C(=O)c2ccccc21. The van der Waals surface area contributed by atoms with Crippen LogP contribution in [0.5, 0.6) is 0 Å². The first kappa shape index (κ1) is 45.6. The fourth-order valence-corrected chi connectivity index (χ4v) is 10.0. The smallest absolute Gasteiger partial charge is 0.270 e. The zero-order valence-electron chi connectivity index (χ0n) is 37.6. The van der Waals surface area contributed by atoms with Crippen LogP contribution < -0.4 is 0 Å². The normalized spacial score (nSPS) is 17.1. The minimum Gasteiger partial charge on any atom is -0.289 e. The molecule has 0 fully saturated rings. The molecule has 0 aliphatic heterocycles. The quantitative estimate of drug-likeness (QED) is 0.0431. The van der Waals surface area contributed by atoms with E-state index in [0.29, 0.717) is 44.5 Å². The summed E-state index contributed by atoms with van der Waals surface area (Å²) in [6.07, 6.45) is 27.7. The van der Waals surface area contributed by atoms with Gasteiger partial charge in [-0.1, -0.05) is 212 Å². The Balaban J connectivity index is 1.28. The molecular formula is C59H54N4O2. The third-order valence-corrected chi connectivity index (χ3v) is 13.2. The van der Waals surface area contributed by atoms with Crippen LogP contribution in [-0.4, -0.2) is 11.6 Å².